The molecule has 0 saturated heterocycles. The first-order valence-electron chi connectivity index (χ1n) is 9.29. The number of aryl methyl sites for hydroxylation is 2. The van der Waals surface area contributed by atoms with E-state index in [1.54, 1.807) is 18.2 Å². The molecule has 0 atom stereocenters. The SMILES string of the molecule is Cc1ccc(C)c(NC(=O)c2ccnc(C(=O)NCCc3ccc(F)cc3)c2)c1. The monoisotopic (exact) mass is 391 g/mol. The van der Waals surface area contributed by atoms with Crippen molar-refractivity contribution in [1.82, 2.24) is 10.3 Å². The number of halogens is 1. The summed E-state index contributed by atoms with van der Waals surface area (Å²) in [6.45, 7) is 4.25. The third kappa shape index (κ3) is 5.48. The number of carbonyl (C=O) groups is 2. The van der Waals surface area contributed by atoms with Crippen LogP contribution in [0.15, 0.2) is 60.8 Å². The molecule has 3 rings (SSSR count). The molecule has 2 N–H and O–H groups in total. The summed E-state index contributed by atoms with van der Waals surface area (Å²) >= 11 is 0. The average molecular weight is 391 g/mol. The fraction of sp³-hybridized carbons (Fsp3) is 0.174. The largest absolute Gasteiger partial charge is 0.350 e. The highest BCUT2D eigenvalue weighted by Gasteiger charge is 2.13. The minimum Gasteiger partial charge on any atom is -0.350 e. The maximum atomic E-state index is 12.9. The van der Waals surface area contributed by atoms with Crippen molar-refractivity contribution in [2.45, 2.75) is 20.3 Å². The van der Waals surface area contributed by atoms with Gasteiger partial charge in [-0.2, -0.15) is 0 Å². The molecule has 29 heavy (non-hydrogen) atoms. The zero-order chi connectivity index (χ0) is 20.8. The number of nitrogens with one attached hydrogen (secondary N) is 2. The van der Waals surface area contributed by atoms with Crippen molar-refractivity contribution >= 4 is 17.5 Å². The minimum atomic E-state index is -0.367. The van der Waals surface area contributed by atoms with E-state index in [0.717, 1.165) is 22.4 Å². The maximum Gasteiger partial charge on any atom is 0.269 e. The predicted octanol–water partition coefficient (Wildman–Crippen LogP) is 4.06. The molecule has 0 aliphatic carbocycles. The Morgan fingerprint density at radius 3 is 2.48 bits per heavy atom. The second kappa shape index (κ2) is 9.10. The van der Waals surface area contributed by atoms with Crippen LogP contribution in [0.4, 0.5) is 10.1 Å². The number of anilines is 1. The Labute approximate surface area is 169 Å². The third-order valence-electron chi connectivity index (χ3n) is 4.51. The lowest BCUT2D eigenvalue weighted by atomic mass is 10.1. The number of amides is 2. The Balaban J connectivity index is 1.62. The van der Waals surface area contributed by atoms with Crippen LogP contribution in [-0.4, -0.2) is 23.3 Å². The van der Waals surface area contributed by atoms with Gasteiger partial charge in [-0.15, -0.1) is 0 Å². The molecular weight excluding hydrogens is 369 g/mol. The fourth-order valence-corrected chi connectivity index (χ4v) is 2.82. The first kappa shape index (κ1) is 20.2. The van der Waals surface area contributed by atoms with E-state index in [9.17, 15) is 14.0 Å². The molecule has 0 aliphatic rings. The van der Waals surface area contributed by atoms with Crippen molar-refractivity contribution in [3.63, 3.8) is 0 Å². The van der Waals surface area contributed by atoms with Gasteiger partial charge in [0.25, 0.3) is 11.8 Å². The zero-order valence-corrected chi connectivity index (χ0v) is 16.3. The van der Waals surface area contributed by atoms with Crippen LogP contribution in [0, 0.1) is 19.7 Å². The lowest BCUT2D eigenvalue weighted by molar-refractivity contribution is 0.0949. The summed E-state index contributed by atoms with van der Waals surface area (Å²) in [6.07, 6.45) is 2.01. The van der Waals surface area contributed by atoms with Crippen LogP contribution >= 0.6 is 0 Å². The summed E-state index contributed by atoms with van der Waals surface area (Å²) in [6, 6.07) is 15.0. The number of benzene rings is 2. The maximum absolute atomic E-state index is 12.9. The van der Waals surface area contributed by atoms with Crippen LogP contribution in [0.2, 0.25) is 0 Å². The van der Waals surface area contributed by atoms with Crippen LogP contribution < -0.4 is 10.6 Å². The summed E-state index contributed by atoms with van der Waals surface area (Å²) < 4.78 is 12.9. The van der Waals surface area contributed by atoms with Gasteiger partial charge in [0.15, 0.2) is 0 Å². The lowest BCUT2D eigenvalue weighted by Gasteiger charge is -2.10. The minimum absolute atomic E-state index is 0.165. The van der Waals surface area contributed by atoms with Crippen molar-refractivity contribution in [2.24, 2.45) is 0 Å². The Hall–Kier alpha value is -3.54. The third-order valence-corrected chi connectivity index (χ3v) is 4.51. The first-order valence-corrected chi connectivity index (χ1v) is 9.29. The van der Waals surface area contributed by atoms with Gasteiger partial charge in [-0.05, 0) is 67.3 Å². The topological polar surface area (TPSA) is 71.1 Å². The lowest BCUT2D eigenvalue weighted by Crippen LogP contribution is -2.27. The van der Waals surface area contributed by atoms with Crippen molar-refractivity contribution < 1.29 is 14.0 Å². The van der Waals surface area contributed by atoms with Crippen molar-refractivity contribution in [2.75, 3.05) is 11.9 Å². The van der Waals surface area contributed by atoms with Crippen LogP contribution in [-0.2, 0) is 6.42 Å². The van der Waals surface area contributed by atoms with E-state index in [4.69, 9.17) is 0 Å². The Bertz CT molecular complexity index is 1030. The second-order valence-corrected chi connectivity index (χ2v) is 6.83. The van der Waals surface area contributed by atoms with Crippen molar-refractivity contribution in [3.05, 3.63) is 94.6 Å². The van der Waals surface area contributed by atoms with Gasteiger partial charge < -0.3 is 10.6 Å². The normalized spacial score (nSPS) is 10.4. The Morgan fingerprint density at radius 1 is 0.966 bits per heavy atom. The number of rotatable bonds is 6. The highest BCUT2D eigenvalue weighted by Crippen LogP contribution is 2.17. The molecule has 0 spiro atoms. The van der Waals surface area contributed by atoms with Crippen LogP contribution in [0.1, 0.15) is 37.5 Å². The molecule has 0 saturated carbocycles. The molecule has 3 aromatic rings. The van der Waals surface area contributed by atoms with Crippen molar-refractivity contribution in [1.29, 1.82) is 0 Å². The number of pyridine rings is 1. The smallest absolute Gasteiger partial charge is 0.269 e. The molecule has 0 aliphatic heterocycles. The van der Waals surface area contributed by atoms with E-state index in [1.165, 1.54) is 24.4 Å². The number of carbonyl (C=O) groups excluding carboxylic acids is 2. The van der Waals surface area contributed by atoms with Gasteiger partial charge in [-0.1, -0.05) is 24.3 Å². The number of hydrogen-bond acceptors (Lipinski definition) is 3. The molecule has 148 valence electrons. The van der Waals surface area contributed by atoms with Gasteiger partial charge in [0.2, 0.25) is 0 Å². The quantitative estimate of drug-likeness (QED) is 0.666. The summed E-state index contributed by atoms with van der Waals surface area (Å²) in [4.78, 5) is 29.0. The molecule has 6 heteroatoms. The molecular formula is C23H22FN3O2. The molecule has 1 aromatic heterocycles. The van der Waals surface area contributed by atoms with E-state index in [-0.39, 0.29) is 23.3 Å². The Kier molecular flexibility index (Phi) is 6.34. The summed E-state index contributed by atoms with van der Waals surface area (Å²) in [5.41, 5.74) is 4.17. The van der Waals surface area contributed by atoms with Gasteiger partial charge in [-0.3, -0.25) is 14.6 Å². The molecule has 0 radical (unpaired) electrons. The molecule has 1 heterocycles. The molecule has 0 bridgehead atoms. The second-order valence-electron chi connectivity index (χ2n) is 6.83. The van der Waals surface area contributed by atoms with Crippen LogP contribution in [0.3, 0.4) is 0 Å². The fourth-order valence-electron chi connectivity index (χ4n) is 2.82. The number of aromatic nitrogens is 1. The van der Waals surface area contributed by atoms with E-state index in [1.807, 2.05) is 32.0 Å². The number of hydrogen-bond donors (Lipinski definition) is 2. The standard InChI is InChI=1S/C23H22FN3O2/c1-15-3-4-16(2)20(13-15)27-22(28)18-10-12-25-21(14-18)23(29)26-11-9-17-5-7-19(24)8-6-17/h3-8,10,12-14H,9,11H2,1-2H3,(H,26,29)(H,27,28). The number of nitrogens with zero attached hydrogens (tertiary/aromatic N) is 1. The van der Waals surface area contributed by atoms with Crippen molar-refractivity contribution in [3.8, 4) is 0 Å². The average Bonchev–Trinajstić information content (AvgIpc) is 2.72. The highest BCUT2D eigenvalue weighted by molar-refractivity contribution is 6.06. The highest BCUT2D eigenvalue weighted by atomic mass is 19.1. The first-order chi connectivity index (χ1) is 13.9. The van der Waals surface area contributed by atoms with Crippen LogP contribution in [0.25, 0.3) is 0 Å². The van der Waals surface area contributed by atoms with Crippen LogP contribution in [0.5, 0.6) is 0 Å². The molecule has 5 nitrogen and oxygen atoms in total. The van der Waals surface area contributed by atoms with E-state index in [0.29, 0.717) is 18.5 Å². The van der Waals surface area contributed by atoms with Gasteiger partial charge in [0.1, 0.15) is 11.5 Å². The summed E-state index contributed by atoms with van der Waals surface area (Å²) in [7, 11) is 0. The Morgan fingerprint density at radius 2 is 1.72 bits per heavy atom. The van der Waals surface area contributed by atoms with E-state index in [2.05, 4.69) is 15.6 Å². The van der Waals surface area contributed by atoms with Gasteiger partial charge in [0.05, 0.1) is 0 Å². The molecule has 0 unspecified atom stereocenters. The molecule has 0 fully saturated rings. The van der Waals surface area contributed by atoms with Gasteiger partial charge in [0, 0.05) is 24.0 Å². The van der Waals surface area contributed by atoms with Gasteiger partial charge >= 0.3 is 0 Å². The summed E-state index contributed by atoms with van der Waals surface area (Å²) in [5.74, 6) is -0.965. The molecule has 2 aromatic carbocycles. The summed E-state index contributed by atoms with van der Waals surface area (Å²) in [5, 5.41) is 5.64. The van der Waals surface area contributed by atoms with Gasteiger partial charge in [-0.25, -0.2) is 4.39 Å². The van der Waals surface area contributed by atoms with E-state index < -0.39 is 0 Å². The molecule has 2 amide bonds. The zero-order valence-electron chi connectivity index (χ0n) is 16.3. The predicted molar refractivity (Wildman–Crippen MR) is 111 cm³/mol. The van der Waals surface area contributed by atoms with E-state index >= 15 is 0 Å².